The zero-order valence-electron chi connectivity index (χ0n) is 12.9. The van der Waals surface area contributed by atoms with E-state index in [1.807, 2.05) is 39.8 Å². The minimum atomic E-state index is -0.582. The summed E-state index contributed by atoms with van der Waals surface area (Å²) in [7, 11) is 0. The van der Waals surface area contributed by atoms with E-state index in [1.54, 1.807) is 12.3 Å². The lowest BCUT2D eigenvalue weighted by atomic mass is 10.1. The summed E-state index contributed by atoms with van der Waals surface area (Å²) in [5, 5.41) is 4.16. The van der Waals surface area contributed by atoms with Gasteiger partial charge in [0.1, 0.15) is 5.75 Å². The zero-order chi connectivity index (χ0) is 15.9. The molecule has 0 N–H and O–H groups in total. The summed E-state index contributed by atoms with van der Waals surface area (Å²) >= 11 is 0. The number of carbonyl (C=O) groups excluding carboxylic acids is 1. The van der Waals surface area contributed by atoms with Crippen LogP contribution in [-0.4, -0.2) is 25.6 Å². The maximum atomic E-state index is 12.3. The second-order valence-corrected chi connectivity index (χ2v) is 5.28. The Morgan fingerprint density at radius 1 is 1.09 bits per heavy atom. The van der Waals surface area contributed by atoms with E-state index in [0.29, 0.717) is 11.5 Å². The lowest BCUT2D eigenvalue weighted by Crippen LogP contribution is -2.13. The molecular weight excluding hydrogens is 280 g/mol. The molecule has 2 aromatic heterocycles. The van der Waals surface area contributed by atoms with Crippen LogP contribution in [0.25, 0.3) is 5.78 Å². The third-order valence-electron chi connectivity index (χ3n) is 3.68. The van der Waals surface area contributed by atoms with Crippen LogP contribution in [0, 0.1) is 27.7 Å². The van der Waals surface area contributed by atoms with Crippen molar-refractivity contribution in [2.75, 3.05) is 0 Å². The third-order valence-corrected chi connectivity index (χ3v) is 3.68. The normalized spacial score (nSPS) is 10.9. The molecule has 6 nitrogen and oxygen atoms in total. The molecule has 2 heterocycles. The number of rotatable bonds is 2. The Balaban J connectivity index is 1.97. The Bertz CT molecular complexity index is 883. The van der Waals surface area contributed by atoms with Gasteiger partial charge in [-0.15, -0.1) is 5.10 Å². The van der Waals surface area contributed by atoms with Crippen molar-refractivity contribution in [3.8, 4) is 5.75 Å². The van der Waals surface area contributed by atoms with E-state index in [0.717, 1.165) is 22.4 Å². The Hall–Kier alpha value is -2.76. The Morgan fingerprint density at radius 2 is 1.82 bits per heavy atom. The first-order valence-corrected chi connectivity index (χ1v) is 6.94. The van der Waals surface area contributed by atoms with Crippen molar-refractivity contribution in [3.63, 3.8) is 0 Å². The average molecular weight is 296 g/mol. The number of hydrogen-bond donors (Lipinski definition) is 0. The highest BCUT2D eigenvalue weighted by atomic mass is 16.5. The van der Waals surface area contributed by atoms with E-state index in [4.69, 9.17) is 4.74 Å². The summed E-state index contributed by atoms with van der Waals surface area (Å²) in [5.41, 5.74) is 3.74. The summed E-state index contributed by atoms with van der Waals surface area (Å²) in [6.45, 7) is 7.67. The predicted octanol–water partition coefficient (Wildman–Crippen LogP) is 2.58. The number of benzene rings is 1. The SMILES string of the molecule is Cc1ccc(C)c(OC(=O)c2nc3nccc(C)n3n2)c1C. The highest BCUT2D eigenvalue weighted by Gasteiger charge is 2.19. The monoisotopic (exact) mass is 296 g/mol. The van der Waals surface area contributed by atoms with E-state index in [2.05, 4.69) is 15.1 Å². The second kappa shape index (κ2) is 5.22. The van der Waals surface area contributed by atoms with Crippen LogP contribution in [0.3, 0.4) is 0 Å². The lowest BCUT2D eigenvalue weighted by Gasteiger charge is -2.11. The van der Waals surface area contributed by atoms with E-state index in [1.165, 1.54) is 4.52 Å². The summed E-state index contributed by atoms with van der Waals surface area (Å²) in [4.78, 5) is 20.5. The first kappa shape index (κ1) is 14.2. The van der Waals surface area contributed by atoms with Gasteiger partial charge in [0.25, 0.3) is 11.6 Å². The number of aryl methyl sites for hydroxylation is 3. The summed E-state index contributed by atoms with van der Waals surface area (Å²) in [6, 6.07) is 5.72. The zero-order valence-corrected chi connectivity index (χ0v) is 12.9. The van der Waals surface area contributed by atoms with E-state index in [9.17, 15) is 4.79 Å². The topological polar surface area (TPSA) is 69.4 Å². The fourth-order valence-corrected chi connectivity index (χ4v) is 2.21. The summed E-state index contributed by atoms with van der Waals surface area (Å²) in [6.07, 6.45) is 1.63. The van der Waals surface area contributed by atoms with Crippen molar-refractivity contribution in [1.29, 1.82) is 0 Å². The van der Waals surface area contributed by atoms with Crippen LogP contribution in [0.2, 0.25) is 0 Å². The average Bonchev–Trinajstić information content (AvgIpc) is 2.93. The van der Waals surface area contributed by atoms with E-state index >= 15 is 0 Å². The predicted molar refractivity (Wildman–Crippen MR) is 81.1 cm³/mol. The molecule has 0 saturated heterocycles. The van der Waals surface area contributed by atoms with E-state index in [-0.39, 0.29) is 5.82 Å². The molecule has 6 heteroatoms. The second-order valence-electron chi connectivity index (χ2n) is 5.28. The van der Waals surface area contributed by atoms with Crippen LogP contribution < -0.4 is 4.74 Å². The van der Waals surface area contributed by atoms with Crippen LogP contribution in [0.1, 0.15) is 33.0 Å². The van der Waals surface area contributed by atoms with Crippen LogP contribution in [0.4, 0.5) is 0 Å². The smallest absolute Gasteiger partial charge is 0.383 e. The molecule has 0 bridgehead atoms. The standard InChI is InChI=1S/C16H16N4O2/c1-9-5-6-10(2)13(12(9)4)22-15(21)14-18-16-17-8-7-11(3)20(16)19-14/h5-8H,1-4H3. The molecule has 1 aromatic carbocycles. The van der Waals surface area contributed by atoms with Crippen molar-refractivity contribution in [1.82, 2.24) is 19.6 Å². The maximum Gasteiger partial charge on any atom is 0.383 e. The van der Waals surface area contributed by atoms with Gasteiger partial charge in [0.2, 0.25) is 0 Å². The molecule has 0 unspecified atom stereocenters. The lowest BCUT2D eigenvalue weighted by molar-refractivity contribution is 0.0719. The molecule has 3 rings (SSSR count). The van der Waals surface area contributed by atoms with Crippen LogP contribution in [0.15, 0.2) is 24.4 Å². The number of carbonyl (C=O) groups is 1. The molecule has 112 valence electrons. The number of fused-ring (bicyclic) bond motifs is 1. The fraction of sp³-hybridized carbons (Fsp3) is 0.250. The summed E-state index contributed by atoms with van der Waals surface area (Å²) < 4.78 is 7.03. The Kier molecular flexibility index (Phi) is 3.36. The molecule has 22 heavy (non-hydrogen) atoms. The molecule has 3 aromatic rings. The van der Waals surface area contributed by atoms with Crippen LogP contribution in [0.5, 0.6) is 5.75 Å². The third kappa shape index (κ3) is 2.32. The van der Waals surface area contributed by atoms with Crippen LogP contribution in [-0.2, 0) is 0 Å². The van der Waals surface area contributed by atoms with Gasteiger partial charge >= 0.3 is 5.97 Å². The molecule has 0 spiro atoms. The molecule has 0 amide bonds. The first-order valence-electron chi connectivity index (χ1n) is 6.94. The molecule has 0 aliphatic carbocycles. The Labute approximate surface area is 127 Å². The van der Waals surface area contributed by atoms with Crippen molar-refractivity contribution in [2.24, 2.45) is 0 Å². The molecule has 0 fully saturated rings. The van der Waals surface area contributed by atoms with Gasteiger partial charge in [0.05, 0.1) is 0 Å². The number of esters is 1. The van der Waals surface area contributed by atoms with Crippen molar-refractivity contribution >= 4 is 11.7 Å². The van der Waals surface area contributed by atoms with E-state index < -0.39 is 5.97 Å². The summed E-state index contributed by atoms with van der Waals surface area (Å²) in [5.74, 6) is 0.363. The molecular formula is C16H16N4O2. The van der Waals surface area contributed by atoms with Gasteiger partial charge in [0.15, 0.2) is 0 Å². The van der Waals surface area contributed by atoms with Gasteiger partial charge in [0, 0.05) is 11.9 Å². The Morgan fingerprint density at radius 3 is 2.55 bits per heavy atom. The largest absolute Gasteiger partial charge is 0.420 e. The molecule has 0 atom stereocenters. The number of nitrogens with zero attached hydrogens (tertiary/aromatic N) is 4. The van der Waals surface area contributed by atoms with Crippen LogP contribution >= 0.6 is 0 Å². The highest BCUT2D eigenvalue weighted by Crippen LogP contribution is 2.26. The highest BCUT2D eigenvalue weighted by molar-refractivity contribution is 5.88. The quantitative estimate of drug-likeness (QED) is 0.537. The number of ether oxygens (including phenoxy) is 1. The van der Waals surface area contributed by atoms with Gasteiger partial charge in [-0.2, -0.15) is 4.98 Å². The van der Waals surface area contributed by atoms with Gasteiger partial charge in [-0.05, 0) is 50.5 Å². The van der Waals surface area contributed by atoms with Gasteiger partial charge in [-0.3, -0.25) is 0 Å². The molecule has 0 aliphatic rings. The van der Waals surface area contributed by atoms with Gasteiger partial charge in [-0.1, -0.05) is 12.1 Å². The molecule has 0 aliphatic heterocycles. The molecule has 0 saturated carbocycles. The van der Waals surface area contributed by atoms with Gasteiger partial charge in [-0.25, -0.2) is 14.3 Å². The fourth-order valence-electron chi connectivity index (χ4n) is 2.21. The first-order chi connectivity index (χ1) is 10.5. The van der Waals surface area contributed by atoms with Crippen molar-refractivity contribution < 1.29 is 9.53 Å². The maximum absolute atomic E-state index is 12.3. The number of aromatic nitrogens is 4. The van der Waals surface area contributed by atoms with Crippen molar-refractivity contribution in [2.45, 2.75) is 27.7 Å². The van der Waals surface area contributed by atoms with Gasteiger partial charge < -0.3 is 4.74 Å². The minimum Gasteiger partial charge on any atom is -0.420 e. The minimum absolute atomic E-state index is 0.00195. The molecule has 0 radical (unpaired) electrons. The number of hydrogen-bond acceptors (Lipinski definition) is 5. The van der Waals surface area contributed by atoms with Crippen molar-refractivity contribution in [3.05, 3.63) is 52.6 Å².